The maximum atomic E-state index is 14.6. The molecule has 1 unspecified atom stereocenters. The Morgan fingerprint density at radius 2 is 1.87 bits per heavy atom. The molecule has 0 bridgehead atoms. The van der Waals surface area contributed by atoms with Crippen LogP contribution in [0.15, 0.2) is 78.7 Å². The molecule has 2 aromatic heterocycles. The van der Waals surface area contributed by atoms with E-state index in [1.54, 1.807) is 65.8 Å². The van der Waals surface area contributed by atoms with Gasteiger partial charge in [0.2, 0.25) is 5.91 Å². The zero-order chi connectivity index (χ0) is 21.1. The lowest BCUT2D eigenvalue weighted by molar-refractivity contribution is -0.132. The van der Waals surface area contributed by atoms with Gasteiger partial charge in [-0.25, -0.2) is 12.8 Å². The van der Waals surface area contributed by atoms with E-state index >= 15 is 0 Å². The predicted octanol–water partition coefficient (Wildman–Crippen LogP) is 2.89. The number of carbonyl (C=O) groups is 1. The third kappa shape index (κ3) is 4.49. The molecular formula is C22H20FN3O3S. The summed E-state index contributed by atoms with van der Waals surface area (Å²) in [5.74, 6) is -0.850. The van der Waals surface area contributed by atoms with Crippen LogP contribution in [0.3, 0.4) is 0 Å². The Balaban J connectivity index is 1.56. The molecule has 0 saturated heterocycles. The van der Waals surface area contributed by atoms with Crippen LogP contribution < -0.4 is 0 Å². The smallest absolute Gasteiger partial charge is 0.227 e. The highest BCUT2D eigenvalue weighted by Gasteiger charge is 2.30. The van der Waals surface area contributed by atoms with Gasteiger partial charge in [-0.2, -0.15) is 0 Å². The van der Waals surface area contributed by atoms with Crippen molar-refractivity contribution in [2.24, 2.45) is 0 Å². The summed E-state index contributed by atoms with van der Waals surface area (Å²) in [4.78, 5) is 18.6. The highest BCUT2D eigenvalue weighted by Crippen LogP contribution is 2.21. The minimum absolute atomic E-state index is 0.0294. The molecule has 0 spiro atoms. The lowest BCUT2D eigenvalue weighted by Gasteiger charge is -2.28. The second-order valence-corrected chi connectivity index (χ2v) is 9.09. The van der Waals surface area contributed by atoms with Crippen molar-refractivity contribution in [1.82, 2.24) is 14.5 Å². The van der Waals surface area contributed by atoms with Crippen LogP contribution >= 0.6 is 0 Å². The Hall–Kier alpha value is -3.26. The molecule has 0 N–H and O–H groups in total. The van der Waals surface area contributed by atoms with Crippen molar-refractivity contribution in [3.05, 3.63) is 95.7 Å². The summed E-state index contributed by atoms with van der Waals surface area (Å²) >= 11 is 0. The molecule has 1 aliphatic rings. The number of nitrogens with zero attached hydrogens (tertiary/aromatic N) is 3. The summed E-state index contributed by atoms with van der Waals surface area (Å²) in [7, 11) is -3.33. The number of rotatable bonds is 6. The molecule has 0 fully saturated rings. The Morgan fingerprint density at radius 3 is 2.50 bits per heavy atom. The third-order valence-electron chi connectivity index (χ3n) is 4.98. The molecule has 4 rings (SSSR count). The van der Waals surface area contributed by atoms with E-state index < -0.39 is 21.7 Å². The molecule has 1 amide bonds. The minimum Gasteiger partial charge on any atom is -0.331 e. The van der Waals surface area contributed by atoms with E-state index in [2.05, 4.69) is 4.98 Å². The van der Waals surface area contributed by atoms with Gasteiger partial charge in [0.05, 0.1) is 23.9 Å². The van der Waals surface area contributed by atoms with Gasteiger partial charge in [0.25, 0.3) is 0 Å². The Bertz CT molecular complexity index is 1180. The zero-order valence-corrected chi connectivity index (χ0v) is 16.9. The Labute approximate surface area is 174 Å². The van der Waals surface area contributed by atoms with Gasteiger partial charge in [-0.05, 0) is 53.6 Å². The van der Waals surface area contributed by atoms with E-state index in [1.807, 2.05) is 0 Å². The number of pyridine rings is 1. The van der Waals surface area contributed by atoms with Crippen LogP contribution in [0.2, 0.25) is 0 Å². The summed E-state index contributed by atoms with van der Waals surface area (Å²) in [5, 5.41) is 1.15. The lowest BCUT2D eigenvalue weighted by atomic mass is 10.1. The molecule has 1 atom stereocenters. The van der Waals surface area contributed by atoms with Crippen LogP contribution in [0.5, 0.6) is 0 Å². The average molecular weight is 425 g/mol. The van der Waals surface area contributed by atoms with Crippen LogP contribution in [0.4, 0.5) is 4.39 Å². The average Bonchev–Trinajstić information content (AvgIpc) is 3.36. The van der Waals surface area contributed by atoms with Crippen LogP contribution in [-0.2, 0) is 27.6 Å². The monoisotopic (exact) mass is 425 g/mol. The number of carbonyl (C=O) groups excluding carboxylic acids is 1. The number of benzene rings is 1. The molecule has 0 saturated carbocycles. The van der Waals surface area contributed by atoms with Crippen molar-refractivity contribution in [3.8, 4) is 5.69 Å². The van der Waals surface area contributed by atoms with Gasteiger partial charge >= 0.3 is 0 Å². The number of hydrogen-bond acceptors (Lipinski definition) is 4. The van der Waals surface area contributed by atoms with Gasteiger partial charge in [-0.3, -0.25) is 9.78 Å². The van der Waals surface area contributed by atoms with Crippen LogP contribution in [-0.4, -0.2) is 40.6 Å². The second kappa shape index (κ2) is 8.23. The molecule has 0 radical (unpaired) electrons. The fourth-order valence-corrected chi connectivity index (χ4v) is 4.77. The SMILES string of the molecule is O=C(Cc1ccc(-n2cccc2)c(F)c1)N(Cc1ccncc1)C1C=CS(=O)(=O)C1. The molecule has 0 aliphatic carbocycles. The van der Waals surface area contributed by atoms with E-state index in [4.69, 9.17) is 0 Å². The summed E-state index contributed by atoms with van der Waals surface area (Å²) in [6.45, 7) is 0.246. The first-order valence-electron chi connectivity index (χ1n) is 9.42. The van der Waals surface area contributed by atoms with E-state index in [0.29, 0.717) is 11.3 Å². The van der Waals surface area contributed by atoms with Gasteiger partial charge < -0.3 is 9.47 Å². The molecule has 3 heterocycles. The van der Waals surface area contributed by atoms with Crippen molar-refractivity contribution in [3.63, 3.8) is 0 Å². The third-order valence-corrected chi connectivity index (χ3v) is 6.36. The van der Waals surface area contributed by atoms with Crippen molar-refractivity contribution >= 4 is 15.7 Å². The van der Waals surface area contributed by atoms with E-state index in [-0.39, 0.29) is 24.6 Å². The fourth-order valence-electron chi connectivity index (χ4n) is 3.47. The van der Waals surface area contributed by atoms with Crippen LogP contribution in [0.1, 0.15) is 11.1 Å². The fraction of sp³-hybridized carbons (Fsp3) is 0.182. The molecule has 6 nitrogen and oxygen atoms in total. The van der Waals surface area contributed by atoms with Crippen LogP contribution in [0.25, 0.3) is 5.69 Å². The van der Waals surface area contributed by atoms with E-state index in [1.165, 1.54) is 17.0 Å². The maximum absolute atomic E-state index is 14.6. The standard InChI is InChI=1S/C22H20FN3O3S/c23-20-13-18(3-4-21(20)25-10-1-2-11-25)14-22(27)26(15-17-5-8-24-9-6-17)19-7-12-30(28,29)16-19/h1-13,19H,14-16H2. The Kier molecular flexibility index (Phi) is 5.50. The number of halogens is 1. The van der Waals surface area contributed by atoms with E-state index in [9.17, 15) is 17.6 Å². The maximum Gasteiger partial charge on any atom is 0.227 e. The minimum atomic E-state index is -3.33. The first kappa shape index (κ1) is 20.0. The molecule has 3 aromatic rings. The van der Waals surface area contributed by atoms with Gasteiger partial charge in [-0.1, -0.05) is 6.07 Å². The van der Waals surface area contributed by atoms with Crippen molar-refractivity contribution < 1.29 is 17.6 Å². The number of aromatic nitrogens is 2. The molecule has 1 aliphatic heterocycles. The molecule has 30 heavy (non-hydrogen) atoms. The molecular weight excluding hydrogens is 405 g/mol. The molecule has 8 heteroatoms. The predicted molar refractivity (Wildman–Crippen MR) is 111 cm³/mol. The van der Waals surface area contributed by atoms with E-state index in [0.717, 1.165) is 11.0 Å². The molecule has 1 aromatic carbocycles. The summed E-state index contributed by atoms with van der Waals surface area (Å²) < 4.78 is 40.0. The quantitative estimate of drug-likeness (QED) is 0.609. The van der Waals surface area contributed by atoms with Crippen molar-refractivity contribution in [1.29, 1.82) is 0 Å². The van der Waals surface area contributed by atoms with Gasteiger partial charge in [0.1, 0.15) is 5.82 Å². The molecule has 154 valence electrons. The van der Waals surface area contributed by atoms with Crippen molar-refractivity contribution in [2.45, 2.75) is 19.0 Å². The first-order chi connectivity index (χ1) is 14.4. The van der Waals surface area contributed by atoms with Gasteiger partial charge in [0.15, 0.2) is 9.84 Å². The van der Waals surface area contributed by atoms with Crippen molar-refractivity contribution in [2.75, 3.05) is 5.75 Å². The normalized spacial score (nSPS) is 17.2. The second-order valence-electron chi connectivity index (χ2n) is 7.16. The lowest BCUT2D eigenvalue weighted by Crippen LogP contribution is -2.41. The largest absolute Gasteiger partial charge is 0.331 e. The highest BCUT2D eigenvalue weighted by atomic mass is 32.2. The summed E-state index contributed by atoms with van der Waals surface area (Å²) in [5.41, 5.74) is 1.76. The summed E-state index contributed by atoms with van der Waals surface area (Å²) in [6.07, 6.45) is 8.23. The number of amides is 1. The van der Waals surface area contributed by atoms with Crippen LogP contribution in [0, 0.1) is 5.82 Å². The highest BCUT2D eigenvalue weighted by molar-refractivity contribution is 7.94. The Morgan fingerprint density at radius 1 is 1.13 bits per heavy atom. The zero-order valence-electron chi connectivity index (χ0n) is 16.1. The topological polar surface area (TPSA) is 72.3 Å². The van der Waals surface area contributed by atoms with Gasteiger partial charge in [0, 0.05) is 36.7 Å². The number of sulfone groups is 1. The first-order valence-corrected chi connectivity index (χ1v) is 11.1. The summed E-state index contributed by atoms with van der Waals surface area (Å²) in [6, 6.07) is 11.3. The van der Waals surface area contributed by atoms with Gasteiger partial charge in [-0.15, -0.1) is 0 Å². The number of hydrogen-bond donors (Lipinski definition) is 0.